The molecular formula is C6H17NS. The lowest BCUT2D eigenvalue weighted by molar-refractivity contribution is 0.639. The van der Waals surface area contributed by atoms with Crippen LogP contribution in [0.4, 0.5) is 0 Å². The van der Waals surface area contributed by atoms with Gasteiger partial charge in [-0.2, -0.15) is 0 Å². The molecule has 0 aromatic heterocycles. The lowest BCUT2D eigenvalue weighted by Gasteiger charge is -2.12. The van der Waals surface area contributed by atoms with Gasteiger partial charge in [0.2, 0.25) is 0 Å². The van der Waals surface area contributed by atoms with Gasteiger partial charge < -0.3 is 0 Å². The molecule has 0 unspecified atom stereocenters. The van der Waals surface area contributed by atoms with Crippen molar-refractivity contribution >= 4 is 11.1 Å². The van der Waals surface area contributed by atoms with E-state index in [-0.39, 0.29) is 11.1 Å². The van der Waals surface area contributed by atoms with Crippen LogP contribution in [-0.4, -0.2) is 19.1 Å². The number of thiol groups is 1. The molecule has 0 bridgehead atoms. The molecule has 0 aliphatic rings. The molecule has 0 aliphatic heterocycles. The first kappa shape index (κ1) is 8.31. The van der Waals surface area contributed by atoms with Gasteiger partial charge >= 0.3 is 0 Å². The smallest absolute Gasteiger partial charge is 0.00641 e. The zero-order chi connectivity index (χ0) is 6.57. The van der Waals surface area contributed by atoms with Crippen LogP contribution in [0.25, 0.3) is 0 Å². The fraction of sp³-hybridized carbons (Fsp3) is 1.00. The molecule has 52 valence electrons. The molecule has 1 nitrogen and oxygen atoms in total. The van der Waals surface area contributed by atoms with Crippen LogP contribution in [0.15, 0.2) is 0 Å². The van der Waals surface area contributed by atoms with Crippen LogP contribution in [0.1, 0.15) is 13.8 Å². The summed E-state index contributed by atoms with van der Waals surface area (Å²) < 4.78 is 3.41. The van der Waals surface area contributed by atoms with Crippen LogP contribution in [0.2, 0.25) is 0 Å². The highest BCUT2D eigenvalue weighted by Crippen LogP contribution is 2.05. The van der Waals surface area contributed by atoms with E-state index < -0.39 is 0 Å². The number of hydrogen-bond donors (Lipinski definition) is 2. The Hall–Kier alpha value is 0.310. The van der Waals surface area contributed by atoms with Crippen LogP contribution >= 0.6 is 11.1 Å². The first-order valence-corrected chi connectivity index (χ1v) is 5.27. The average Bonchev–Trinajstić information content (AvgIpc) is 1.61. The second kappa shape index (κ2) is 4.21. The molecule has 0 saturated carbocycles. The Morgan fingerprint density at radius 3 is 2.00 bits per heavy atom. The molecule has 0 fully saturated rings. The summed E-state index contributed by atoms with van der Waals surface area (Å²) in [6.45, 7) is 5.62. The second-order valence-corrected chi connectivity index (χ2v) is 4.76. The van der Waals surface area contributed by atoms with E-state index in [0.717, 1.165) is 5.92 Å². The van der Waals surface area contributed by atoms with Gasteiger partial charge in [-0.3, -0.25) is 4.72 Å². The first-order valence-electron chi connectivity index (χ1n) is 3.03. The number of nitrogens with one attached hydrogen (secondary N) is 1. The summed E-state index contributed by atoms with van der Waals surface area (Å²) in [5.74, 6) is 0.792. The van der Waals surface area contributed by atoms with Crippen molar-refractivity contribution in [3.8, 4) is 0 Å². The van der Waals surface area contributed by atoms with Crippen molar-refractivity contribution in [1.82, 2.24) is 4.72 Å². The van der Waals surface area contributed by atoms with E-state index in [1.165, 1.54) is 6.54 Å². The highest BCUT2D eigenvalue weighted by molar-refractivity contribution is 8.14. The maximum atomic E-state index is 3.41. The average molecular weight is 135 g/mol. The van der Waals surface area contributed by atoms with E-state index in [9.17, 15) is 0 Å². The molecule has 0 aliphatic carbocycles. The Morgan fingerprint density at radius 1 is 1.38 bits per heavy atom. The molecule has 0 heterocycles. The van der Waals surface area contributed by atoms with Crippen molar-refractivity contribution < 1.29 is 0 Å². The van der Waals surface area contributed by atoms with Gasteiger partial charge in [0.15, 0.2) is 0 Å². The minimum atomic E-state index is 0.117. The molecule has 0 radical (unpaired) electrons. The Labute approximate surface area is 55.3 Å². The predicted molar refractivity (Wildman–Crippen MR) is 43.7 cm³/mol. The molecule has 0 aromatic rings. The largest absolute Gasteiger partial charge is 0.284 e. The summed E-state index contributed by atoms with van der Waals surface area (Å²) in [6, 6.07) is 0. The maximum Gasteiger partial charge on any atom is 0.00641 e. The molecule has 0 aromatic carbocycles. The molecule has 0 spiro atoms. The first-order chi connectivity index (χ1) is 3.63. The minimum absolute atomic E-state index is 0.117. The van der Waals surface area contributed by atoms with E-state index >= 15 is 0 Å². The van der Waals surface area contributed by atoms with Gasteiger partial charge in [-0.1, -0.05) is 13.8 Å². The van der Waals surface area contributed by atoms with Crippen molar-refractivity contribution in [3.05, 3.63) is 0 Å². The van der Waals surface area contributed by atoms with Crippen molar-refractivity contribution in [2.45, 2.75) is 13.8 Å². The van der Waals surface area contributed by atoms with Gasteiger partial charge in [-0.25, -0.2) is 11.1 Å². The molecule has 0 atom stereocenters. The van der Waals surface area contributed by atoms with Gasteiger partial charge in [-0.05, 0) is 18.4 Å². The van der Waals surface area contributed by atoms with Crippen molar-refractivity contribution in [2.24, 2.45) is 5.92 Å². The zero-order valence-corrected chi connectivity index (χ0v) is 7.13. The van der Waals surface area contributed by atoms with Gasteiger partial charge in [0.25, 0.3) is 0 Å². The van der Waals surface area contributed by atoms with Gasteiger partial charge in [-0.15, -0.1) is 0 Å². The fourth-order valence-corrected chi connectivity index (χ4v) is 1.10. The number of rotatable bonds is 3. The van der Waals surface area contributed by atoms with Gasteiger partial charge in [0.05, 0.1) is 0 Å². The summed E-state index contributed by atoms with van der Waals surface area (Å²) in [6.07, 6.45) is 4.47. The Kier molecular flexibility index (Phi) is 4.38. The summed E-state index contributed by atoms with van der Waals surface area (Å²) in [7, 11) is 0. The van der Waals surface area contributed by atoms with E-state index in [4.69, 9.17) is 0 Å². The lowest BCUT2D eigenvalue weighted by Crippen LogP contribution is -2.14. The van der Waals surface area contributed by atoms with E-state index in [1.54, 1.807) is 0 Å². The minimum Gasteiger partial charge on any atom is -0.284 e. The third-order valence-corrected chi connectivity index (χ3v) is 1.63. The molecule has 0 amide bonds. The molecule has 2 heteroatoms. The standard InChI is InChI=1S/C6H17NS/c1-6(2)5-7-8(3)4/h6-8H,5H2,1-4H3. The lowest BCUT2D eigenvalue weighted by atomic mass is 10.2. The molecule has 1 N–H and O–H groups in total. The topological polar surface area (TPSA) is 12.0 Å². The summed E-state index contributed by atoms with van der Waals surface area (Å²) >= 11 is 0.117. The zero-order valence-electron chi connectivity index (χ0n) is 6.23. The van der Waals surface area contributed by atoms with E-state index in [1.807, 2.05) is 0 Å². The van der Waals surface area contributed by atoms with Crippen LogP contribution in [0.5, 0.6) is 0 Å². The maximum absolute atomic E-state index is 3.41. The highest BCUT2D eigenvalue weighted by Gasteiger charge is 1.90. The van der Waals surface area contributed by atoms with Crippen LogP contribution < -0.4 is 4.72 Å². The third-order valence-electron chi connectivity index (χ3n) is 0.816. The molecular weight excluding hydrogens is 118 g/mol. The second-order valence-electron chi connectivity index (χ2n) is 2.65. The summed E-state index contributed by atoms with van der Waals surface area (Å²) in [4.78, 5) is 0. The van der Waals surface area contributed by atoms with Crippen LogP contribution in [0.3, 0.4) is 0 Å². The fourth-order valence-electron chi connectivity index (χ4n) is 0.365. The van der Waals surface area contributed by atoms with Crippen LogP contribution in [0, 0.1) is 5.92 Å². The Bertz CT molecular complexity index is 44.5. The van der Waals surface area contributed by atoms with E-state index in [2.05, 4.69) is 31.1 Å². The van der Waals surface area contributed by atoms with Gasteiger partial charge in [0.1, 0.15) is 0 Å². The van der Waals surface area contributed by atoms with Crippen LogP contribution in [-0.2, 0) is 0 Å². The highest BCUT2D eigenvalue weighted by atomic mass is 32.2. The van der Waals surface area contributed by atoms with E-state index in [0.29, 0.717) is 0 Å². The normalized spacial score (nSPS) is 12.4. The third kappa shape index (κ3) is 6.31. The van der Waals surface area contributed by atoms with Gasteiger partial charge in [0, 0.05) is 6.54 Å². The summed E-state index contributed by atoms with van der Waals surface area (Å²) in [5.41, 5.74) is 0. The molecule has 8 heavy (non-hydrogen) atoms. The molecule has 0 rings (SSSR count). The molecule has 0 saturated heterocycles. The quantitative estimate of drug-likeness (QED) is 0.558. The van der Waals surface area contributed by atoms with Crippen molar-refractivity contribution in [2.75, 3.05) is 19.1 Å². The monoisotopic (exact) mass is 135 g/mol. The SMILES string of the molecule is CC(C)CN[SH](C)C. The van der Waals surface area contributed by atoms with Crippen molar-refractivity contribution in [1.29, 1.82) is 0 Å². The number of hydrogen-bond acceptors (Lipinski definition) is 1. The predicted octanol–water partition coefficient (Wildman–Crippen LogP) is 1.41. The summed E-state index contributed by atoms with van der Waals surface area (Å²) in [5, 5.41) is 0. The Morgan fingerprint density at radius 2 is 1.88 bits per heavy atom. The Balaban J connectivity index is 2.93. The van der Waals surface area contributed by atoms with Crippen molar-refractivity contribution in [3.63, 3.8) is 0 Å².